The molecule has 2 heteroatoms. The zero-order valence-electron chi connectivity index (χ0n) is 11.0. The molecule has 1 saturated carbocycles. The second-order valence-corrected chi connectivity index (χ2v) is 5.18. The van der Waals surface area contributed by atoms with Gasteiger partial charge in [-0.25, -0.2) is 0 Å². The molecule has 1 aliphatic carbocycles. The number of benzene rings is 2. The second kappa shape index (κ2) is 5.45. The van der Waals surface area contributed by atoms with E-state index in [2.05, 4.69) is 29.6 Å². The summed E-state index contributed by atoms with van der Waals surface area (Å²) in [5, 5.41) is 12.7. The number of para-hydroxylation sites is 1. The van der Waals surface area contributed by atoms with Gasteiger partial charge in [-0.3, -0.25) is 0 Å². The van der Waals surface area contributed by atoms with Crippen LogP contribution in [0, 0.1) is 0 Å². The SMILES string of the molecule is OCc1ccccc1NCc1ccc(C2CC2)cc1. The molecule has 0 saturated heterocycles. The Bertz CT molecular complexity index is 543. The number of rotatable bonds is 5. The summed E-state index contributed by atoms with van der Waals surface area (Å²) in [6.45, 7) is 0.867. The lowest BCUT2D eigenvalue weighted by Gasteiger charge is -2.10. The first-order chi connectivity index (χ1) is 9.36. The van der Waals surface area contributed by atoms with E-state index >= 15 is 0 Å². The van der Waals surface area contributed by atoms with Crippen LogP contribution in [0.2, 0.25) is 0 Å². The van der Waals surface area contributed by atoms with Crippen molar-refractivity contribution in [3.8, 4) is 0 Å². The Kier molecular flexibility index (Phi) is 3.51. The molecule has 1 fully saturated rings. The highest BCUT2D eigenvalue weighted by atomic mass is 16.3. The Morgan fingerprint density at radius 2 is 1.74 bits per heavy atom. The lowest BCUT2D eigenvalue weighted by Crippen LogP contribution is -2.02. The second-order valence-electron chi connectivity index (χ2n) is 5.18. The molecule has 0 radical (unpaired) electrons. The Labute approximate surface area is 114 Å². The van der Waals surface area contributed by atoms with Crippen LogP contribution in [0.15, 0.2) is 48.5 Å². The lowest BCUT2D eigenvalue weighted by molar-refractivity contribution is 0.282. The van der Waals surface area contributed by atoms with E-state index in [0.29, 0.717) is 0 Å². The zero-order chi connectivity index (χ0) is 13.1. The smallest absolute Gasteiger partial charge is 0.0701 e. The van der Waals surface area contributed by atoms with Crippen LogP contribution in [0.3, 0.4) is 0 Å². The Morgan fingerprint density at radius 1 is 1.00 bits per heavy atom. The van der Waals surface area contributed by atoms with Gasteiger partial charge in [-0.05, 0) is 36.0 Å². The summed E-state index contributed by atoms with van der Waals surface area (Å²) >= 11 is 0. The van der Waals surface area contributed by atoms with Crippen molar-refractivity contribution in [1.29, 1.82) is 0 Å². The lowest BCUT2D eigenvalue weighted by atomic mass is 10.1. The van der Waals surface area contributed by atoms with Crippen LogP contribution in [0.1, 0.15) is 35.4 Å². The van der Waals surface area contributed by atoms with Crippen LogP contribution >= 0.6 is 0 Å². The zero-order valence-corrected chi connectivity index (χ0v) is 11.0. The van der Waals surface area contributed by atoms with E-state index in [1.165, 1.54) is 24.0 Å². The molecule has 98 valence electrons. The van der Waals surface area contributed by atoms with E-state index in [1.54, 1.807) is 0 Å². The molecule has 19 heavy (non-hydrogen) atoms. The molecular weight excluding hydrogens is 234 g/mol. The van der Waals surface area contributed by atoms with Crippen molar-refractivity contribution in [2.24, 2.45) is 0 Å². The van der Waals surface area contributed by atoms with Gasteiger partial charge in [-0.15, -0.1) is 0 Å². The summed E-state index contributed by atoms with van der Waals surface area (Å²) in [7, 11) is 0. The van der Waals surface area contributed by atoms with Gasteiger partial charge < -0.3 is 10.4 Å². The minimum atomic E-state index is 0.0732. The molecule has 2 aromatic carbocycles. The molecule has 0 atom stereocenters. The van der Waals surface area contributed by atoms with Crippen molar-refractivity contribution in [2.45, 2.75) is 31.9 Å². The summed E-state index contributed by atoms with van der Waals surface area (Å²) in [6.07, 6.45) is 2.70. The number of aliphatic hydroxyl groups excluding tert-OH is 1. The van der Waals surface area contributed by atoms with E-state index in [9.17, 15) is 5.11 Å². The number of hydrogen-bond donors (Lipinski definition) is 2. The molecule has 0 amide bonds. The summed E-state index contributed by atoms with van der Waals surface area (Å²) in [4.78, 5) is 0. The standard InChI is InChI=1S/C17H19NO/c19-12-16-3-1-2-4-17(16)18-11-13-5-7-14(8-6-13)15-9-10-15/h1-8,15,18-19H,9-12H2. The van der Waals surface area contributed by atoms with Gasteiger partial charge in [0, 0.05) is 17.8 Å². The summed E-state index contributed by atoms with van der Waals surface area (Å²) in [5.41, 5.74) is 4.70. The minimum Gasteiger partial charge on any atom is -0.392 e. The first-order valence-electron chi connectivity index (χ1n) is 6.88. The highest BCUT2D eigenvalue weighted by molar-refractivity contribution is 5.51. The monoisotopic (exact) mass is 253 g/mol. The average Bonchev–Trinajstić information content (AvgIpc) is 3.30. The molecule has 0 aromatic heterocycles. The molecule has 1 aliphatic rings. The van der Waals surface area contributed by atoms with E-state index < -0.39 is 0 Å². The third-order valence-corrected chi connectivity index (χ3v) is 3.70. The van der Waals surface area contributed by atoms with Gasteiger partial charge in [0.05, 0.1) is 6.61 Å². The third-order valence-electron chi connectivity index (χ3n) is 3.70. The Balaban J connectivity index is 1.64. The molecule has 3 rings (SSSR count). The third kappa shape index (κ3) is 2.96. The van der Waals surface area contributed by atoms with Gasteiger partial charge in [0.2, 0.25) is 0 Å². The fourth-order valence-corrected chi connectivity index (χ4v) is 2.35. The molecular formula is C17H19NO. The summed E-state index contributed by atoms with van der Waals surface area (Å²) in [6, 6.07) is 16.8. The van der Waals surface area contributed by atoms with E-state index in [1.807, 2.05) is 24.3 Å². The molecule has 0 aliphatic heterocycles. The molecule has 0 spiro atoms. The van der Waals surface area contributed by atoms with Crippen molar-refractivity contribution in [1.82, 2.24) is 0 Å². The van der Waals surface area contributed by atoms with Crippen LogP contribution < -0.4 is 5.32 Å². The molecule has 0 unspecified atom stereocenters. The van der Waals surface area contributed by atoms with Crippen LogP contribution in [0.25, 0.3) is 0 Å². The molecule has 2 nitrogen and oxygen atoms in total. The van der Waals surface area contributed by atoms with Gasteiger partial charge in [0.15, 0.2) is 0 Å². The number of anilines is 1. The summed E-state index contributed by atoms with van der Waals surface area (Å²) < 4.78 is 0. The maximum Gasteiger partial charge on any atom is 0.0701 e. The van der Waals surface area contributed by atoms with E-state index in [0.717, 1.165) is 23.7 Å². The molecule has 0 heterocycles. The van der Waals surface area contributed by atoms with Crippen molar-refractivity contribution in [3.63, 3.8) is 0 Å². The Hall–Kier alpha value is -1.80. The topological polar surface area (TPSA) is 32.3 Å². The van der Waals surface area contributed by atoms with Crippen LogP contribution in [-0.2, 0) is 13.2 Å². The number of hydrogen-bond acceptors (Lipinski definition) is 2. The van der Waals surface area contributed by atoms with Crippen molar-refractivity contribution >= 4 is 5.69 Å². The first-order valence-corrected chi connectivity index (χ1v) is 6.88. The first kappa shape index (κ1) is 12.2. The largest absolute Gasteiger partial charge is 0.392 e. The van der Waals surface area contributed by atoms with E-state index in [-0.39, 0.29) is 6.61 Å². The molecule has 2 aromatic rings. The average molecular weight is 253 g/mol. The normalized spacial score (nSPS) is 14.4. The van der Waals surface area contributed by atoms with Gasteiger partial charge in [0.1, 0.15) is 0 Å². The van der Waals surface area contributed by atoms with E-state index in [4.69, 9.17) is 0 Å². The fourth-order valence-electron chi connectivity index (χ4n) is 2.35. The van der Waals surface area contributed by atoms with Gasteiger partial charge in [-0.2, -0.15) is 0 Å². The molecule has 2 N–H and O–H groups in total. The van der Waals surface area contributed by atoms with Gasteiger partial charge in [-0.1, -0.05) is 42.5 Å². The predicted molar refractivity (Wildman–Crippen MR) is 78.1 cm³/mol. The van der Waals surface area contributed by atoms with Crippen molar-refractivity contribution in [2.75, 3.05) is 5.32 Å². The highest BCUT2D eigenvalue weighted by Gasteiger charge is 2.22. The van der Waals surface area contributed by atoms with Gasteiger partial charge >= 0.3 is 0 Å². The van der Waals surface area contributed by atoms with Crippen LogP contribution in [0.5, 0.6) is 0 Å². The van der Waals surface area contributed by atoms with Gasteiger partial charge in [0.25, 0.3) is 0 Å². The fraction of sp³-hybridized carbons (Fsp3) is 0.294. The van der Waals surface area contributed by atoms with Crippen LogP contribution in [0.4, 0.5) is 5.69 Å². The number of aliphatic hydroxyl groups is 1. The summed E-state index contributed by atoms with van der Waals surface area (Å²) in [5.74, 6) is 0.817. The molecule has 0 bridgehead atoms. The van der Waals surface area contributed by atoms with Crippen molar-refractivity contribution in [3.05, 3.63) is 65.2 Å². The maximum atomic E-state index is 9.28. The maximum absolute atomic E-state index is 9.28. The minimum absolute atomic E-state index is 0.0732. The highest BCUT2D eigenvalue weighted by Crippen LogP contribution is 2.39. The Morgan fingerprint density at radius 3 is 2.42 bits per heavy atom. The van der Waals surface area contributed by atoms with Crippen LogP contribution in [-0.4, -0.2) is 5.11 Å². The van der Waals surface area contributed by atoms with Crippen molar-refractivity contribution < 1.29 is 5.11 Å². The number of nitrogens with one attached hydrogen (secondary N) is 1. The quantitative estimate of drug-likeness (QED) is 0.852. The predicted octanol–water partition coefficient (Wildman–Crippen LogP) is 3.67.